The molecule has 0 saturated heterocycles. The van der Waals surface area contributed by atoms with Crippen LogP contribution in [0.4, 0.5) is 0 Å². The molecule has 30 heavy (non-hydrogen) atoms. The second-order valence-corrected chi connectivity index (χ2v) is 7.10. The molecule has 146 valence electrons. The van der Waals surface area contributed by atoms with Gasteiger partial charge in [-0.3, -0.25) is 0 Å². The number of rotatable bonds is 4. The molecule has 0 unspecified atom stereocenters. The Morgan fingerprint density at radius 3 is 1.23 bits per heavy atom. The fraction of sp³-hybridized carbons (Fsp3) is 0.0833. The number of aryl methyl sites for hydroxylation is 2. The predicted molar refractivity (Wildman–Crippen MR) is 113 cm³/mol. The first kappa shape index (κ1) is 18.0. The van der Waals surface area contributed by atoms with Crippen molar-refractivity contribution in [2.24, 2.45) is 0 Å². The SMILES string of the molecule is Cc1ccc(-c2nnc(-c3ccccc3-c3nnc(-c4ccc(C)cc4)o3)o2)cc1. The largest absolute Gasteiger partial charge is 0.416 e. The standard InChI is InChI=1S/C24H18N4O2/c1-15-7-11-17(12-8-15)21-25-27-23(29-21)19-5-3-4-6-20(19)24-28-26-22(30-24)18-13-9-16(2)10-14-18/h3-14H,1-2H3. The van der Waals surface area contributed by atoms with Gasteiger partial charge in [0.15, 0.2) is 0 Å². The normalized spacial score (nSPS) is 11.0. The number of hydrogen-bond donors (Lipinski definition) is 0. The summed E-state index contributed by atoms with van der Waals surface area (Å²) in [6.07, 6.45) is 0. The van der Waals surface area contributed by atoms with Gasteiger partial charge in [-0.2, -0.15) is 0 Å². The average molecular weight is 394 g/mol. The van der Waals surface area contributed by atoms with Crippen molar-refractivity contribution in [2.75, 3.05) is 0 Å². The van der Waals surface area contributed by atoms with Crippen LogP contribution >= 0.6 is 0 Å². The van der Waals surface area contributed by atoms with E-state index in [-0.39, 0.29) is 0 Å². The second-order valence-electron chi connectivity index (χ2n) is 7.10. The lowest BCUT2D eigenvalue weighted by molar-refractivity contribution is 0.577. The molecule has 0 N–H and O–H groups in total. The summed E-state index contributed by atoms with van der Waals surface area (Å²) in [4.78, 5) is 0. The van der Waals surface area contributed by atoms with Gasteiger partial charge in [0.25, 0.3) is 0 Å². The minimum Gasteiger partial charge on any atom is -0.416 e. The monoisotopic (exact) mass is 394 g/mol. The first-order chi connectivity index (χ1) is 14.7. The van der Waals surface area contributed by atoms with E-state index in [0.29, 0.717) is 23.6 Å². The molecular formula is C24H18N4O2. The molecule has 2 heterocycles. The van der Waals surface area contributed by atoms with Crippen LogP contribution in [0.3, 0.4) is 0 Å². The fourth-order valence-corrected chi connectivity index (χ4v) is 3.15. The number of aromatic nitrogens is 4. The topological polar surface area (TPSA) is 77.8 Å². The summed E-state index contributed by atoms with van der Waals surface area (Å²) in [5.41, 5.74) is 5.56. The van der Waals surface area contributed by atoms with Crippen molar-refractivity contribution >= 4 is 0 Å². The van der Waals surface area contributed by atoms with Gasteiger partial charge in [-0.25, -0.2) is 0 Å². The maximum Gasteiger partial charge on any atom is 0.248 e. The zero-order valence-corrected chi connectivity index (χ0v) is 16.5. The first-order valence-corrected chi connectivity index (χ1v) is 9.58. The lowest BCUT2D eigenvalue weighted by Gasteiger charge is -2.01. The van der Waals surface area contributed by atoms with Gasteiger partial charge in [0, 0.05) is 11.1 Å². The molecule has 0 aliphatic heterocycles. The Labute approximate surface area is 173 Å². The maximum atomic E-state index is 5.95. The Bertz CT molecular complexity index is 1200. The molecule has 0 radical (unpaired) electrons. The Morgan fingerprint density at radius 1 is 0.467 bits per heavy atom. The summed E-state index contributed by atoms with van der Waals surface area (Å²) in [6.45, 7) is 4.07. The summed E-state index contributed by atoms with van der Waals surface area (Å²) in [5, 5.41) is 16.9. The van der Waals surface area contributed by atoms with Crippen molar-refractivity contribution in [3.63, 3.8) is 0 Å². The van der Waals surface area contributed by atoms with Crippen molar-refractivity contribution in [1.82, 2.24) is 20.4 Å². The summed E-state index contributed by atoms with van der Waals surface area (Å²) in [5.74, 6) is 1.73. The van der Waals surface area contributed by atoms with Gasteiger partial charge in [0.05, 0.1) is 11.1 Å². The van der Waals surface area contributed by atoms with Crippen molar-refractivity contribution < 1.29 is 8.83 Å². The van der Waals surface area contributed by atoms with Crippen LogP contribution in [0.5, 0.6) is 0 Å². The molecule has 0 fully saturated rings. The molecule has 0 atom stereocenters. The highest BCUT2D eigenvalue weighted by Crippen LogP contribution is 2.33. The van der Waals surface area contributed by atoms with Gasteiger partial charge in [-0.15, -0.1) is 20.4 Å². The van der Waals surface area contributed by atoms with E-state index in [0.717, 1.165) is 22.3 Å². The molecule has 5 rings (SSSR count). The van der Waals surface area contributed by atoms with Crippen molar-refractivity contribution in [3.8, 4) is 45.8 Å². The third-order valence-electron chi connectivity index (χ3n) is 4.83. The van der Waals surface area contributed by atoms with E-state index >= 15 is 0 Å². The highest BCUT2D eigenvalue weighted by Gasteiger charge is 2.19. The van der Waals surface area contributed by atoms with Gasteiger partial charge in [0.1, 0.15) is 0 Å². The molecule has 6 nitrogen and oxygen atoms in total. The van der Waals surface area contributed by atoms with Crippen LogP contribution in [0.15, 0.2) is 81.6 Å². The molecule has 0 aliphatic rings. The van der Waals surface area contributed by atoms with Crippen molar-refractivity contribution in [1.29, 1.82) is 0 Å². The molecule has 0 spiro atoms. The Balaban J connectivity index is 1.51. The van der Waals surface area contributed by atoms with Gasteiger partial charge < -0.3 is 8.83 Å². The fourth-order valence-electron chi connectivity index (χ4n) is 3.15. The van der Waals surface area contributed by atoms with Crippen LogP contribution in [0, 0.1) is 13.8 Å². The van der Waals surface area contributed by atoms with E-state index in [9.17, 15) is 0 Å². The molecule has 0 aliphatic carbocycles. The summed E-state index contributed by atoms with van der Waals surface area (Å²) in [7, 11) is 0. The minimum atomic E-state index is 0.399. The summed E-state index contributed by atoms with van der Waals surface area (Å²) >= 11 is 0. The highest BCUT2D eigenvalue weighted by atomic mass is 16.4. The highest BCUT2D eigenvalue weighted by molar-refractivity contribution is 5.76. The molecule has 0 bridgehead atoms. The zero-order valence-electron chi connectivity index (χ0n) is 16.5. The Morgan fingerprint density at radius 2 is 0.833 bits per heavy atom. The Hall–Kier alpha value is -4.06. The molecule has 0 saturated carbocycles. The average Bonchev–Trinajstić information content (AvgIpc) is 3.45. The van der Waals surface area contributed by atoms with Crippen molar-refractivity contribution in [2.45, 2.75) is 13.8 Å². The van der Waals surface area contributed by atoms with Crippen LogP contribution in [0.1, 0.15) is 11.1 Å². The van der Waals surface area contributed by atoms with Crippen LogP contribution in [0.25, 0.3) is 45.8 Å². The van der Waals surface area contributed by atoms with Crippen molar-refractivity contribution in [3.05, 3.63) is 83.9 Å². The van der Waals surface area contributed by atoms with Crippen LogP contribution in [-0.2, 0) is 0 Å². The van der Waals surface area contributed by atoms with Gasteiger partial charge in [-0.05, 0) is 50.2 Å². The van der Waals surface area contributed by atoms with Crippen LogP contribution in [0.2, 0.25) is 0 Å². The van der Waals surface area contributed by atoms with E-state index in [1.54, 1.807) is 0 Å². The lowest BCUT2D eigenvalue weighted by atomic mass is 10.1. The molecular weight excluding hydrogens is 376 g/mol. The van der Waals surface area contributed by atoms with E-state index in [4.69, 9.17) is 8.83 Å². The number of benzene rings is 3. The van der Waals surface area contributed by atoms with Gasteiger partial charge >= 0.3 is 0 Å². The summed E-state index contributed by atoms with van der Waals surface area (Å²) in [6, 6.07) is 23.5. The Kier molecular flexibility index (Phi) is 4.44. The molecule has 0 amide bonds. The van der Waals surface area contributed by atoms with Gasteiger partial charge in [0.2, 0.25) is 23.6 Å². The molecule has 6 heteroatoms. The van der Waals surface area contributed by atoms with E-state index in [2.05, 4.69) is 20.4 Å². The van der Waals surface area contributed by atoms with E-state index in [1.165, 1.54) is 11.1 Å². The zero-order chi connectivity index (χ0) is 20.5. The van der Waals surface area contributed by atoms with Crippen LogP contribution in [-0.4, -0.2) is 20.4 Å². The summed E-state index contributed by atoms with van der Waals surface area (Å²) < 4.78 is 11.9. The quantitative estimate of drug-likeness (QED) is 0.387. The van der Waals surface area contributed by atoms with E-state index in [1.807, 2.05) is 86.6 Å². The second kappa shape index (κ2) is 7.40. The third-order valence-corrected chi connectivity index (χ3v) is 4.83. The minimum absolute atomic E-state index is 0.399. The number of hydrogen-bond acceptors (Lipinski definition) is 6. The molecule has 2 aromatic heterocycles. The smallest absolute Gasteiger partial charge is 0.248 e. The third kappa shape index (κ3) is 3.39. The van der Waals surface area contributed by atoms with Gasteiger partial charge in [-0.1, -0.05) is 47.5 Å². The van der Waals surface area contributed by atoms with E-state index < -0.39 is 0 Å². The molecule has 3 aromatic carbocycles. The molecule has 5 aromatic rings. The first-order valence-electron chi connectivity index (χ1n) is 9.58. The van der Waals surface area contributed by atoms with Crippen LogP contribution < -0.4 is 0 Å². The maximum absolute atomic E-state index is 5.95. The number of nitrogens with zero attached hydrogens (tertiary/aromatic N) is 4. The lowest BCUT2D eigenvalue weighted by Crippen LogP contribution is -1.85. The predicted octanol–water partition coefficient (Wildman–Crippen LogP) is 5.74.